The monoisotopic (exact) mass is 270 g/mol. The average Bonchev–Trinajstić information content (AvgIpc) is 2.42. The number of hydrogen-bond acceptors (Lipinski definition) is 4. The third kappa shape index (κ3) is 3.35. The average molecular weight is 270 g/mol. The van der Waals surface area contributed by atoms with Gasteiger partial charge in [0, 0.05) is 17.2 Å². The van der Waals surface area contributed by atoms with Gasteiger partial charge >= 0.3 is 0 Å². The molecule has 0 saturated carbocycles. The van der Waals surface area contributed by atoms with Crippen molar-refractivity contribution in [1.82, 2.24) is 5.43 Å². The Morgan fingerprint density at radius 2 is 1.85 bits per heavy atom. The van der Waals surface area contributed by atoms with Crippen molar-refractivity contribution >= 4 is 12.1 Å². The zero-order valence-corrected chi connectivity index (χ0v) is 10.9. The summed E-state index contributed by atoms with van der Waals surface area (Å²) in [6.07, 6.45) is 1.31. The Morgan fingerprint density at radius 1 is 1.15 bits per heavy atom. The van der Waals surface area contributed by atoms with Crippen LogP contribution in [-0.4, -0.2) is 22.3 Å². The van der Waals surface area contributed by atoms with Gasteiger partial charge in [0.2, 0.25) is 0 Å². The van der Waals surface area contributed by atoms with Crippen LogP contribution in [0.25, 0.3) is 0 Å². The molecule has 0 bridgehead atoms. The predicted octanol–water partition coefficient (Wildman–Crippen LogP) is 2.17. The van der Waals surface area contributed by atoms with Crippen molar-refractivity contribution in [3.63, 3.8) is 0 Å². The largest absolute Gasteiger partial charge is 0.508 e. The normalized spacial score (nSPS) is 10.7. The SMILES string of the molecule is Cc1ccc(C(=O)N/N=C\c2ccc(O)cc2O)cc1. The molecule has 5 heteroatoms. The quantitative estimate of drug-likeness (QED) is 0.590. The van der Waals surface area contributed by atoms with Crippen molar-refractivity contribution in [1.29, 1.82) is 0 Å². The molecule has 2 rings (SSSR count). The summed E-state index contributed by atoms with van der Waals surface area (Å²) in [5, 5.41) is 22.5. The van der Waals surface area contributed by atoms with Gasteiger partial charge in [0.15, 0.2) is 0 Å². The van der Waals surface area contributed by atoms with Gasteiger partial charge in [-0.05, 0) is 31.2 Å². The molecule has 0 aliphatic heterocycles. The van der Waals surface area contributed by atoms with E-state index >= 15 is 0 Å². The highest BCUT2D eigenvalue weighted by atomic mass is 16.3. The first-order chi connectivity index (χ1) is 9.56. The summed E-state index contributed by atoms with van der Waals surface area (Å²) < 4.78 is 0. The van der Waals surface area contributed by atoms with E-state index in [1.165, 1.54) is 24.4 Å². The number of phenolic OH excluding ortho intramolecular Hbond substituents is 2. The maximum Gasteiger partial charge on any atom is 0.271 e. The summed E-state index contributed by atoms with van der Waals surface area (Å²) >= 11 is 0. The number of carbonyl (C=O) groups is 1. The van der Waals surface area contributed by atoms with Crippen molar-refractivity contribution in [2.75, 3.05) is 0 Å². The molecule has 1 amide bonds. The molecule has 0 heterocycles. The highest BCUT2D eigenvalue weighted by molar-refractivity contribution is 5.95. The van der Waals surface area contributed by atoms with Crippen LogP contribution in [0.15, 0.2) is 47.6 Å². The van der Waals surface area contributed by atoms with Crippen molar-refractivity contribution in [3.05, 3.63) is 59.2 Å². The van der Waals surface area contributed by atoms with Crippen LogP contribution in [0.4, 0.5) is 0 Å². The molecule has 0 atom stereocenters. The fourth-order valence-electron chi connectivity index (χ4n) is 1.57. The molecule has 2 aromatic carbocycles. The molecule has 3 N–H and O–H groups in total. The van der Waals surface area contributed by atoms with E-state index in [1.807, 2.05) is 19.1 Å². The fourth-order valence-corrected chi connectivity index (χ4v) is 1.57. The van der Waals surface area contributed by atoms with Gasteiger partial charge in [-0.3, -0.25) is 4.79 Å². The summed E-state index contributed by atoms with van der Waals surface area (Å²) in [7, 11) is 0. The first-order valence-electron chi connectivity index (χ1n) is 5.98. The van der Waals surface area contributed by atoms with Crippen molar-refractivity contribution in [2.24, 2.45) is 5.10 Å². The van der Waals surface area contributed by atoms with Crippen LogP contribution < -0.4 is 5.43 Å². The summed E-state index contributed by atoms with van der Waals surface area (Å²) in [5.41, 5.74) is 4.33. The minimum absolute atomic E-state index is 0.0386. The number of nitrogens with zero attached hydrogens (tertiary/aromatic N) is 1. The Balaban J connectivity index is 2.02. The number of phenols is 2. The third-order valence-corrected chi connectivity index (χ3v) is 2.70. The van der Waals surface area contributed by atoms with E-state index in [4.69, 9.17) is 5.11 Å². The highest BCUT2D eigenvalue weighted by Gasteiger charge is 2.03. The zero-order valence-electron chi connectivity index (χ0n) is 10.9. The van der Waals surface area contributed by atoms with Gasteiger partial charge in [-0.1, -0.05) is 17.7 Å². The van der Waals surface area contributed by atoms with Gasteiger partial charge < -0.3 is 10.2 Å². The van der Waals surface area contributed by atoms with Crippen LogP contribution in [0.1, 0.15) is 21.5 Å². The second-order valence-electron chi connectivity index (χ2n) is 4.31. The van der Waals surface area contributed by atoms with Gasteiger partial charge in [-0.15, -0.1) is 0 Å². The van der Waals surface area contributed by atoms with Crippen LogP contribution in [0.2, 0.25) is 0 Å². The summed E-state index contributed by atoms with van der Waals surface area (Å²) in [6, 6.07) is 11.2. The molecule has 0 aliphatic rings. The van der Waals surface area contributed by atoms with Gasteiger partial charge in [-0.2, -0.15) is 5.10 Å². The smallest absolute Gasteiger partial charge is 0.271 e. The van der Waals surface area contributed by atoms with Crippen molar-refractivity contribution in [3.8, 4) is 11.5 Å². The van der Waals surface area contributed by atoms with E-state index in [-0.39, 0.29) is 17.4 Å². The van der Waals surface area contributed by atoms with E-state index in [0.717, 1.165) is 5.56 Å². The molecule has 102 valence electrons. The fraction of sp³-hybridized carbons (Fsp3) is 0.0667. The van der Waals surface area contributed by atoms with E-state index in [9.17, 15) is 9.90 Å². The topological polar surface area (TPSA) is 81.9 Å². The second kappa shape index (κ2) is 5.88. The van der Waals surface area contributed by atoms with Crippen LogP contribution in [-0.2, 0) is 0 Å². The first kappa shape index (κ1) is 13.6. The van der Waals surface area contributed by atoms with Gasteiger partial charge in [-0.25, -0.2) is 5.43 Å². The number of hydrazone groups is 1. The molecule has 0 saturated heterocycles. The molecule has 2 aromatic rings. The first-order valence-corrected chi connectivity index (χ1v) is 5.98. The van der Waals surface area contributed by atoms with Gasteiger partial charge in [0.1, 0.15) is 11.5 Å². The van der Waals surface area contributed by atoms with Gasteiger partial charge in [0.25, 0.3) is 5.91 Å². The summed E-state index contributed by atoms with van der Waals surface area (Å²) in [5.74, 6) is -0.485. The van der Waals surface area contributed by atoms with Crippen LogP contribution in [0, 0.1) is 6.92 Å². The number of benzene rings is 2. The summed E-state index contributed by atoms with van der Waals surface area (Å²) in [4.78, 5) is 11.8. The molecule has 0 aliphatic carbocycles. The number of aryl methyl sites for hydroxylation is 1. The molecule has 0 unspecified atom stereocenters. The number of carbonyl (C=O) groups excluding carboxylic acids is 1. The molecular weight excluding hydrogens is 256 g/mol. The molecule has 20 heavy (non-hydrogen) atoms. The maximum absolute atomic E-state index is 11.8. The van der Waals surface area contributed by atoms with Crippen LogP contribution in [0.5, 0.6) is 11.5 Å². The Bertz CT molecular complexity index is 649. The Labute approximate surface area is 116 Å². The number of aromatic hydroxyl groups is 2. The number of nitrogens with one attached hydrogen (secondary N) is 1. The molecule has 0 fully saturated rings. The standard InChI is InChI=1S/C15H14N2O3/c1-10-2-4-11(5-3-10)15(20)17-16-9-12-6-7-13(18)8-14(12)19/h2-9,18-19H,1H3,(H,17,20)/b16-9-. The zero-order chi connectivity index (χ0) is 14.5. The lowest BCUT2D eigenvalue weighted by molar-refractivity contribution is 0.0955. The van der Waals surface area contributed by atoms with E-state index in [2.05, 4.69) is 10.5 Å². The van der Waals surface area contributed by atoms with Gasteiger partial charge in [0.05, 0.1) is 6.21 Å². The Morgan fingerprint density at radius 3 is 2.50 bits per heavy atom. The lowest BCUT2D eigenvalue weighted by Gasteiger charge is -2.01. The van der Waals surface area contributed by atoms with E-state index in [0.29, 0.717) is 11.1 Å². The minimum atomic E-state index is -0.334. The molecule has 5 nitrogen and oxygen atoms in total. The minimum Gasteiger partial charge on any atom is -0.508 e. The predicted molar refractivity (Wildman–Crippen MR) is 76.0 cm³/mol. The van der Waals surface area contributed by atoms with Crippen LogP contribution in [0.3, 0.4) is 0 Å². The second-order valence-corrected chi connectivity index (χ2v) is 4.31. The van der Waals surface area contributed by atoms with E-state index in [1.54, 1.807) is 12.1 Å². The molecular formula is C15H14N2O3. The summed E-state index contributed by atoms with van der Waals surface area (Å²) in [6.45, 7) is 1.94. The van der Waals surface area contributed by atoms with Crippen molar-refractivity contribution < 1.29 is 15.0 Å². The number of hydrogen-bond donors (Lipinski definition) is 3. The lowest BCUT2D eigenvalue weighted by Crippen LogP contribution is -2.17. The van der Waals surface area contributed by atoms with E-state index < -0.39 is 0 Å². The van der Waals surface area contributed by atoms with Crippen LogP contribution >= 0.6 is 0 Å². The van der Waals surface area contributed by atoms with Crippen molar-refractivity contribution in [2.45, 2.75) is 6.92 Å². The third-order valence-electron chi connectivity index (χ3n) is 2.70. The number of rotatable bonds is 3. The molecule has 0 radical (unpaired) electrons. The Hall–Kier alpha value is -2.82. The molecule has 0 aromatic heterocycles. The molecule has 0 spiro atoms. The maximum atomic E-state index is 11.8. The highest BCUT2D eigenvalue weighted by Crippen LogP contribution is 2.20. The lowest BCUT2D eigenvalue weighted by atomic mass is 10.1. The Kier molecular flexibility index (Phi) is 4.00. The number of amides is 1.